The van der Waals surface area contributed by atoms with Gasteiger partial charge in [0.25, 0.3) is 0 Å². The van der Waals surface area contributed by atoms with Crippen LogP contribution >= 0.6 is 11.3 Å². The van der Waals surface area contributed by atoms with Crippen LogP contribution in [0.3, 0.4) is 0 Å². The molecule has 1 aromatic carbocycles. The normalized spacial score (nSPS) is 17.4. The number of aryl methyl sites for hydroxylation is 2. The summed E-state index contributed by atoms with van der Waals surface area (Å²) in [5.74, 6) is 2.02. The first kappa shape index (κ1) is 15.5. The number of aromatic nitrogens is 3. The van der Waals surface area contributed by atoms with E-state index in [1.807, 2.05) is 18.3 Å². The quantitative estimate of drug-likeness (QED) is 0.707. The van der Waals surface area contributed by atoms with Gasteiger partial charge in [0.2, 0.25) is 0 Å². The van der Waals surface area contributed by atoms with Crippen molar-refractivity contribution in [2.24, 2.45) is 0 Å². The van der Waals surface area contributed by atoms with Gasteiger partial charge in [-0.05, 0) is 45.4 Å². The van der Waals surface area contributed by atoms with Crippen LogP contribution in [0.5, 0.6) is 0 Å². The average Bonchev–Trinajstić information content (AvgIpc) is 3.06. The Morgan fingerprint density at radius 1 is 1.17 bits per heavy atom. The number of fused-ring (bicyclic) bond motifs is 3. The monoisotopic (exact) mass is 338 g/mol. The zero-order chi connectivity index (χ0) is 16.8. The van der Waals surface area contributed by atoms with Crippen molar-refractivity contribution in [2.45, 2.75) is 39.8 Å². The molecule has 1 unspecified atom stereocenters. The molecule has 0 saturated carbocycles. The number of hydrogen-bond acceptors (Lipinski definition) is 4. The predicted octanol–water partition coefficient (Wildman–Crippen LogP) is 4.04. The second-order valence-corrected chi connectivity index (χ2v) is 7.82. The van der Waals surface area contributed by atoms with Gasteiger partial charge in [0, 0.05) is 17.0 Å². The molecule has 0 saturated heterocycles. The molecular formula is C19H22N4S. The lowest BCUT2D eigenvalue weighted by Gasteiger charge is -2.21. The summed E-state index contributed by atoms with van der Waals surface area (Å²) < 4.78 is 2.26. The molecule has 5 heteroatoms. The summed E-state index contributed by atoms with van der Waals surface area (Å²) in [5, 5.41) is 10.1. The molecule has 2 aromatic heterocycles. The summed E-state index contributed by atoms with van der Waals surface area (Å²) in [5.41, 5.74) is 4.25. The lowest BCUT2D eigenvalue weighted by atomic mass is 10.0. The molecule has 1 atom stereocenters. The van der Waals surface area contributed by atoms with E-state index in [4.69, 9.17) is 0 Å². The molecule has 4 rings (SSSR count). The number of nitrogens with zero attached hydrogens (tertiary/aromatic N) is 4. The molecule has 0 spiro atoms. The standard InChI is InChI=1S/C19H22N4S/c1-12-18-21-20-14(3)23(18)19-17(11-22(12)4)16(13(2)24-19)10-15-8-6-5-7-9-15/h5-9,12H,10-11H2,1-4H3. The average molecular weight is 338 g/mol. The van der Waals surface area contributed by atoms with Crippen molar-refractivity contribution in [3.05, 3.63) is 63.5 Å². The summed E-state index contributed by atoms with van der Waals surface area (Å²) in [7, 11) is 2.17. The van der Waals surface area contributed by atoms with E-state index >= 15 is 0 Å². The van der Waals surface area contributed by atoms with Crippen LogP contribution in [0.2, 0.25) is 0 Å². The molecule has 4 nitrogen and oxygen atoms in total. The maximum Gasteiger partial charge on any atom is 0.155 e. The second kappa shape index (κ2) is 5.83. The van der Waals surface area contributed by atoms with E-state index in [1.54, 1.807) is 0 Å². The van der Waals surface area contributed by atoms with Gasteiger partial charge in [0.1, 0.15) is 10.8 Å². The molecule has 0 fully saturated rings. The fraction of sp³-hybridized carbons (Fsp3) is 0.368. The van der Waals surface area contributed by atoms with Gasteiger partial charge in [0.05, 0.1) is 6.04 Å². The van der Waals surface area contributed by atoms with Crippen molar-refractivity contribution >= 4 is 11.3 Å². The Bertz CT molecular complexity index is 878. The highest BCUT2D eigenvalue weighted by Crippen LogP contribution is 2.39. The van der Waals surface area contributed by atoms with Crippen molar-refractivity contribution in [2.75, 3.05) is 7.05 Å². The Balaban J connectivity index is 1.88. The first-order chi connectivity index (χ1) is 11.6. The minimum atomic E-state index is 0.260. The third-order valence-electron chi connectivity index (χ3n) is 5.02. The molecular weight excluding hydrogens is 316 g/mol. The smallest absolute Gasteiger partial charge is 0.155 e. The Morgan fingerprint density at radius 2 is 1.92 bits per heavy atom. The van der Waals surface area contributed by atoms with E-state index in [1.165, 1.54) is 26.6 Å². The van der Waals surface area contributed by atoms with Crippen LogP contribution in [0, 0.1) is 13.8 Å². The summed E-state index contributed by atoms with van der Waals surface area (Å²) >= 11 is 1.87. The number of rotatable bonds is 2. The topological polar surface area (TPSA) is 34.0 Å². The van der Waals surface area contributed by atoms with E-state index in [2.05, 4.69) is 70.9 Å². The molecule has 0 bridgehead atoms. The summed E-state index contributed by atoms with van der Waals surface area (Å²) in [6, 6.07) is 11.0. The Labute approximate surface area is 146 Å². The molecule has 3 heterocycles. The number of thiophene rings is 1. The second-order valence-electron chi connectivity index (χ2n) is 6.61. The Kier molecular flexibility index (Phi) is 3.77. The van der Waals surface area contributed by atoms with Crippen molar-refractivity contribution < 1.29 is 0 Å². The van der Waals surface area contributed by atoms with Crippen molar-refractivity contribution in [3.63, 3.8) is 0 Å². The zero-order valence-corrected chi connectivity index (χ0v) is 15.4. The van der Waals surface area contributed by atoms with Gasteiger partial charge in [0.15, 0.2) is 5.82 Å². The van der Waals surface area contributed by atoms with Gasteiger partial charge in [-0.15, -0.1) is 21.5 Å². The van der Waals surface area contributed by atoms with E-state index < -0.39 is 0 Å². The number of benzene rings is 1. The van der Waals surface area contributed by atoms with Crippen LogP contribution in [0.15, 0.2) is 30.3 Å². The number of hydrogen-bond donors (Lipinski definition) is 0. The molecule has 24 heavy (non-hydrogen) atoms. The van der Waals surface area contributed by atoms with Crippen LogP contribution in [-0.2, 0) is 13.0 Å². The molecule has 0 radical (unpaired) electrons. The van der Waals surface area contributed by atoms with Crippen LogP contribution in [0.1, 0.15) is 46.2 Å². The maximum absolute atomic E-state index is 4.45. The van der Waals surface area contributed by atoms with Crippen molar-refractivity contribution in [1.29, 1.82) is 0 Å². The molecule has 124 valence electrons. The fourth-order valence-corrected chi connectivity index (χ4v) is 4.70. The first-order valence-corrected chi connectivity index (χ1v) is 9.15. The van der Waals surface area contributed by atoms with Crippen LogP contribution < -0.4 is 0 Å². The largest absolute Gasteiger partial charge is 0.292 e. The van der Waals surface area contributed by atoms with E-state index in [9.17, 15) is 0 Å². The molecule has 0 aliphatic carbocycles. The molecule has 0 N–H and O–H groups in total. The van der Waals surface area contributed by atoms with Crippen LogP contribution in [-0.4, -0.2) is 26.7 Å². The molecule has 0 amide bonds. The summed E-state index contributed by atoms with van der Waals surface area (Å²) in [4.78, 5) is 3.76. The Morgan fingerprint density at radius 3 is 2.67 bits per heavy atom. The van der Waals surface area contributed by atoms with Crippen molar-refractivity contribution in [3.8, 4) is 5.00 Å². The fourth-order valence-electron chi connectivity index (χ4n) is 3.47. The molecule has 1 aliphatic rings. The molecule has 1 aliphatic heterocycles. The van der Waals surface area contributed by atoms with Crippen molar-refractivity contribution in [1.82, 2.24) is 19.7 Å². The predicted molar refractivity (Wildman–Crippen MR) is 97.8 cm³/mol. The van der Waals surface area contributed by atoms with Gasteiger partial charge in [-0.1, -0.05) is 30.3 Å². The maximum atomic E-state index is 4.45. The summed E-state index contributed by atoms with van der Waals surface area (Å²) in [6.45, 7) is 7.44. The van der Waals surface area contributed by atoms with Gasteiger partial charge in [-0.3, -0.25) is 9.47 Å². The minimum Gasteiger partial charge on any atom is -0.292 e. The van der Waals surface area contributed by atoms with Gasteiger partial charge >= 0.3 is 0 Å². The van der Waals surface area contributed by atoms with Gasteiger partial charge in [-0.25, -0.2) is 0 Å². The SMILES string of the molecule is Cc1sc2c(c1Cc1ccccc1)CN(C)C(C)c1nnc(C)n1-2. The summed E-state index contributed by atoms with van der Waals surface area (Å²) in [6.07, 6.45) is 0.983. The third kappa shape index (κ3) is 2.39. The van der Waals surface area contributed by atoms with E-state index in [0.29, 0.717) is 0 Å². The van der Waals surface area contributed by atoms with E-state index in [-0.39, 0.29) is 6.04 Å². The molecule has 3 aromatic rings. The van der Waals surface area contributed by atoms with Gasteiger partial charge in [-0.2, -0.15) is 0 Å². The third-order valence-corrected chi connectivity index (χ3v) is 6.19. The highest BCUT2D eigenvalue weighted by Gasteiger charge is 2.30. The minimum absolute atomic E-state index is 0.260. The van der Waals surface area contributed by atoms with E-state index in [0.717, 1.165) is 24.6 Å². The van der Waals surface area contributed by atoms with Gasteiger partial charge < -0.3 is 0 Å². The zero-order valence-electron chi connectivity index (χ0n) is 14.6. The highest BCUT2D eigenvalue weighted by atomic mass is 32.1. The van der Waals surface area contributed by atoms with Crippen LogP contribution in [0.4, 0.5) is 0 Å². The van der Waals surface area contributed by atoms with Crippen LogP contribution in [0.25, 0.3) is 5.00 Å². The highest BCUT2D eigenvalue weighted by molar-refractivity contribution is 7.14. The Hall–Kier alpha value is -1.98. The lowest BCUT2D eigenvalue weighted by molar-refractivity contribution is 0.247. The first-order valence-electron chi connectivity index (χ1n) is 8.34. The lowest BCUT2D eigenvalue weighted by Crippen LogP contribution is -2.22.